The summed E-state index contributed by atoms with van der Waals surface area (Å²) in [5.41, 5.74) is 6.91. The summed E-state index contributed by atoms with van der Waals surface area (Å²) in [4.78, 5) is 12.0. The van der Waals surface area contributed by atoms with Gasteiger partial charge in [0.2, 0.25) is 0 Å². The predicted octanol–water partition coefficient (Wildman–Crippen LogP) is 3.23. The normalized spacial score (nSPS) is 11.0. The van der Waals surface area contributed by atoms with Gasteiger partial charge in [-0.05, 0) is 29.8 Å². The van der Waals surface area contributed by atoms with Crippen LogP contribution in [0.3, 0.4) is 0 Å². The number of nitrogens with one attached hydrogen (secondary N) is 2. The lowest BCUT2D eigenvalue weighted by Crippen LogP contribution is -2.24. The van der Waals surface area contributed by atoms with Crippen LogP contribution >= 0.6 is 0 Å². The lowest BCUT2D eigenvalue weighted by molar-refractivity contribution is -0.275. The minimum absolute atomic E-state index is 0.0109. The maximum absolute atomic E-state index is 13.6. The van der Waals surface area contributed by atoms with E-state index in [0.717, 1.165) is 18.3 Å². The highest BCUT2D eigenvalue weighted by molar-refractivity contribution is 5.94. The van der Waals surface area contributed by atoms with Gasteiger partial charge in [0, 0.05) is 29.6 Å². The maximum atomic E-state index is 13.6. The number of carbonyl (C=O) groups is 1. The molecule has 0 bridgehead atoms. The first-order valence-electron chi connectivity index (χ1n) is 6.92. The first-order valence-corrected chi connectivity index (χ1v) is 6.92. The summed E-state index contributed by atoms with van der Waals surface area (Å²) in [7, 11) is 0. The first-order chi connectivity index (χ1) is 11.7. The van der Waals surface area contributed by atoms with E-state index in [1.165, 1.54) is 0 Å². The van der Waals surface area contributed by atoms with Crippen molar-refractivity contribution < 1.29 is 27.1 Å². The number of alkyl halides is 3. The van der Waals surface area contributed by atoms with Crippen LogP contribution in [0.2, 0.25) is 0 Å². The van der Waals surface area contributed by atoms with Gasteiger partial charge in [-0.25, -0.2) is 4.39 Å². The van der Waals surface area contributed by atoms with Crippen molar-refractivity contribution in [3.05, 3.63) is 58.9 Å². The van der Waals surface area contributed by atoms with Gasteiger partial charge in [-0.1, -0.05) is 12.1 Å². The molecule has 0 heterocycles. The van der Waals surface area contributed by atoms with Gasteiger partial charge in [0.05, 0.1) is 0 Å². The molecular weight excluding hydrogens is 342 g/mol. The second-order valence-corrected chi connectivity index (χ2v) is 4.94. The number of anilines is 1. The molecule has 0 atom stereocenters. The smallest absolute Gasteiger partial charge is 0.403 e. The molecule has 25 heavy (non-hydrogen) atoms. The highest BCUT2D eigenvalue weighted by Gasteiger charge is 2.32. The van der Waals surface area contributed by atoms with Gasteiger partial charge in [-0.3, -0.25) is 4.79 Å². The van der Waals surface area contributed by atoms with Gasteiger partial charge >= 0.3 is 6.36 Å². The van der Waals surface area contributed by atoms with Crippen molar-refractivity contribution in [3.8, 4) is 5.75 Å². The molecule has 2 aromatic rings. The molecule has 0 radical (unpaired) electrons. The second-order valence-electron chi connectivity index (χ2n) is 4.94. The molecule has 0 unspecified atom stereocenters. The molecule has 5 nitrogen and oxygen atoms in total. The van der Waals surface area contributed by atoms with Crippen molar-refractivity contribution in [1.29, 1.82) is 5.41 Å². The molecule has 2 rings (SSSR count). The lowest BCUT2D eigenvalue weighted by Gasteiger charge is -2.12. The van der Waals surface area contributed by atoms with Crippen LogP contribution in [-0.2, 0) is 6.54 Å². The van der Waals surface area contributed by atoms with Crippen LogP contribution < -0.4 is 15.8 Å². The number of hydrogen-bond donors (Lipinski definition) is 3. The van der Waals surface area contributed by atoms with Crippen LogP contribution in [0.15, 0.2) is 36.4 Å². The van der Waals surface area contributed by atoms with E-state index in [4.69, 9.17) is 11.1 Å². The Bertz CT molecular complexity index is 806. The van der Waals surface area contributed by atoms with E-state index >= 15 is 0 Å². The highest BCUT2D eigenvalue weighted by atomic mass is 19.4. The fraction of sp³-hybridized carbons (Fsp3) is 0.125. The molecule has 0 aliphatic rings. The predicted molar refractivity (Wildman–Crippen MR) is 83.0 cm³/mol. The molecule has 132 valence electrons. The van der Waals surface area contributed by atoms with E-state index in [-0.39, 0.29) is 12.1 Å². The lowest BCUT2D eigenvalue weighted by atomic mass is 10.1. The van der Waals surface area contributed by atoms with Crippen molar-refractivity contribution >= 4 is 17.8 Å². The third kappa shape index (κ3) is 4.69. The number of amides is 1. The zero-order valence-electron chi connectivity index (χ0n) is 12.7. The SMILES string of the molecule is N=Cc1c(N)cccc1CNC(=O)c1ccc(OC(F)(F)F)c(F)c1. The number of halogens is 4. The number of hydrogen-bond acceptors (Lipinski definition) is 4. The minimum atomic E-state index is -5.03. The van der Waals surface area contributed by atoms with Gasteiger partial charge in [-0.15, -0.1) is 13.2 Å². The molecule has 4 N–H and O–H groups in total. The van der Waals surface area contributed by atoms with Crippen LogP contribution in [0.1, 0.15) is 21.5 Å². The Morgan fingerprint density at radius 3 is 2.60 bits per heavy atom. The third-order valence-corrected chi connectivity index (χ3v) is 3.23. The Kier molecular flexibility index (Phi) is 5.26. The monoisotopic (exact) mass is 355 g/mol. The Morgan fingerprint density at radius 1 is 1.28 bits per heavy atom. The van der Waals surface area contributed by atoms with E-state index in [9.17, 15) is 22.4 Å². The molecule has 0 saturated carbocycles. The number of carbonyl (C=O) groups excluding carboxylic acids is 1. The van der Waals surface area contributed by atoms with Crippen LogP contribution in [0, 0.1) is 11.2 Å². The third-order valence-electron chi connectivity index (χ3n) is 3.23. The summed E-state index contributed by atoms with van der Waals surface area (Å²) in [5.74, 6) is -3.03. The van der Waals surface area contributed by atoms with E-state index in [0.29, 0.717) is 22.9 Å². The molecule has 0 saturated heterocycles. The molecule has 0 fully saturated rings. The van der Waals surface area contributed by atoms with E-state index in [1.54, 1.807) is 18.2 Å². The Morgan fingerprint density at radius 2 is 2.00 bits per heavy atom. The van der Waals surface area contributed by atoms with Gasteiger partial charge in [-0.2, -0.15) is 0 Å². The summed E-state index contributed by atoms with van der Waals surface area (Å²) in [6, 6.07) is 7.27. The second kappa shape index (κ2) is 7.20. The molecule has 0 spiro atoms. The molecule has 0 aliphatic carbocycles. The molecule has 0 aliphatic heterocycles. The zero-order chi connectivity index (χ0) is 18.6. The average Bonchev–Trinajstić information content (AvgIpc) is 2.53. The van der Waals surface area contributed by atoms with E-state index in [1.807, 2.05) is 0 Å². The average molecular weight is 355 g/mol. The standard InChI is InChI=1S/C16H13F4N3O2/c17-12-6-9(4-5-14(12)25-16(18,19)20)15(24)23-8-10-2-1-3-13(22)11(10)7-21/h1-7,21H,8,22H2,(H,23,24). The molecule has 2 aromatic carbocycles. The number of nitrogen functional groups attached to an aromatic ring is 1. The van der Waals surface area contributed by atoms with E-state index in [2.05, 4.69) is 10.1 Å². The fourth-order valence-corrected chi connectivity index (χ4v) is 2.09. The highest BCUT2D eigenvalue weighted by Crippen LogP contribution is 2.26. The van der Waals surface area contributed by atoms with Gasteiger partial charge < -0.3 is 21.2 Å². The Hall–Kier alpha value is -3.10. The molecule has 0 aromatic heterocycles. The molecule has 1 amide bonds. The molecular formula is C16H13F4N3O2. The van der Waals surface area contributed by atoms with Crippen LogP contribution in [0.25, 0.3) is 0 Å². The first kappa shape index (κ1) is 18.2. The van der Waals surface area contributed by atoms with Gasteiger partial charge in [0.25, 0.3) is 5.91 Å². The van der Waals surface area contributed by atoms with Crippen LogP contribution in [0.5, 0.6) is 5.75 Å². The van der Waals surface area contributed by atoms with Crippen molar-refractivity contribution in [1.82, 2.24) is 5.32 Å². The Balaban J connectivity index is 2.10. The van der Waals surface area contributed by atoms with Crippen molar-refractivity contribution in [3.63, 3.8) is 0 Å². The van der Waals surface area contributed by atoms with Crippen LogP contribution in [0.4, 0.5) is 23.2 Å². The summed E-state index contributed by atoms with van der Waals surface area (Å²) in [5, 5.41) is 9.81. The van der Waals surface area contributed by atoms with Crippen molar-refractivity contribution in [2.75, 3.05) is 5.73 Å². The van der Waals surface area contributed by atoms with Gasteiger partial charge in [0.1, 0.15) is 0 Å². The number of nitrogens with two attached hydrogens (primary N) is 1. The minimum Gasteiger partial charge on any atom is -0.403 e. The fourth-order valence-electron chi connectivity index (χ4n) is 2.09. The summed E-state index contributed by atoms with van der Waals surface area (Å²) < 4.78 is 53.4. The van der Waals surface area contributed by atoms with Crippen molar-refractivity contribution in [2.24, 2.45) is 0 Å². The quantitative estimate of drug-likeness (QED) is 0.437. The van der Waals surface area contributed by atoms with Crippen molar-refractivity contribution in [2.45, 2.75) is 12.9 Å². The van der Waals surface area contributed by atoms with Gasteiger partial charge in [0.15, 0.2) is 11.6 Å². The summed E-state index contributed by atoms with van der Waals surface area (Å²) >= 11 is 0. The summed E-state index contributed by atoms with van der Waals surface area (Å²) in [6.45, 7) is 0.0109. The van der Waals surface area contributed by atoms with E-state index < -0.39 is 23.8 Å². The number of rotatable bonds is 5. The number of benzene rings is 2. The zero-order valence-corrected chi connectivity index (χ0v) is 12.7. The largest absolute Gasteiger partial charge is 0.573 e. The maximum Gasteiger partial charge on any atom is 0.573 e. The van der Waals surface area contributed by atoms with Crippen LogP contribution in [-0.4, -0.2) is 18.5 Å². The Labute approximate surface area is 139 Å². The topological polar surface area (TPSA) is 88.2 Å². The summed E-state index contributed by atoms with van der Waals surface area (Å²) in [6.07, 6.45) is -3.99. The molecule has 9 heteroatoms. The number of ether oxygens (including phenoxy) is 1.